The van der Waals surface area contributed by atoms with Gasteiger partial charge in [0.2, 0.25) is 0 Å². The SMILES string of the molecule is CCN(CCCO)C(=O)c1cnc(C)cc1N. The summed E-state index contributed by atoms with van der Waals surface area (Å²) in [5.74, 6) is -0.133. The summed E-state index contributed by atoms with van der Waals surface area (Å²) >= 11 is 0. The Labute approximate surface area is 101 Å². The number of carbonyl (C=O) groups excluding carboxylic acids is 1. The molecule has 5 heteroatoms. The molecule has 0 spiro atoms. The maximum absolute atomic E-state index is 12.1. The van der Waals surface area contributed by atoms with Crippen molar-refractivity contribution >= 4 is 11.6 Å². The molecule has 1 rings (SSSR count). The summed E-state index contributed by atoms with van der Waals surface area (Å²) < 4.78 is 0. The summed E-state index contributed by atoms with van der Waals surface area (Å²) in [5, 5.41) is 8.78. The maximum Gasteiger partial charge on any atom is 0.257 e. The average Bonchev–Trinajstić information content (AvgIpc) is 2.29. The highest BCUT2D eigenvalue weighted by Gasteiger charge is 2.16. The lowest BCUT2D eigenvalue weighted by Gasteiger charge is -2.21. The van der Waals surface area contributed by atoms with Crippen molar-refractivity contribution < 1.29 is 9.90 Å². The number of aliphatic hydroxyl groups excluding tert-OH is 1. The molecule has 3 N–H and O–H groups in total. The summed E-state index contributed by atoms with van der Waals surface area (Å²) in [7, 11) is 0. The van der Waals surface area contributed by atoms with Gasteiger partial charge >= 0.3 is 0 Å². The predicted octanol–water partition coefficient (Wildman–Crippen LogP) is 0.817. The normalized spacial score (nSPS) is 10.3. The van der Waals surface area contributed by atoms with E-state index in [4.69, 9.17) is 10.8 Å². The van der Waals surface area contributed by atoms with E-state index in [2.05, 4.69) is 4.98 Å². The molecule has 0 bridgehead atoms. The summed E-state index contributed by atoms with van der Waals surface area (Å²) in [6, 6.07) is 1.69. The molecule has 0 aliphatic heterocycles. The number of rotatable bonds is 5. The number of aromatic nitrogens is 1. The molecule has 0 saturated heterocycles. The zero-order valence-corrected chi connectivity index (χ0v) is 10.3. The lowest BCUT2D eigenvalue weighted by Crippen LogP contribution is -2.32. The van der Waals surface area contributed by atoms with Crippen LogP contribution in [0.4, 0.5) is 5.69 Å². The second kappa shape index (κ2) is 6.20. The van der Waals surface area contributed by atoms with Gasteiger partial charge in [-0.2, -0.15) is 0 Å². The smallest absolute Gasteiger partial charge is 0.257 e. The Morgan fingerprint density at radius 1 is 1.59 bits per heavy atom. The van der Waals surface area contributed by atoms with Crippen LogP contribution < -0.4 is 5.73 Å². The van der Waals surface area contributed by atoms with E-state index in [0.717, 1.165) is 5.69 Å². The van der Waals surface area contributed by atoms with Crippen molar-refractivity contribution in [2.45, 2.75) is 20.3 Å². The highest BCUT2D eigenvalue weighted by Crippen LogP contribution is 2.14. The van der Waals surface area contributed by atoms with Gasteiger partial charge in [-0.05, 0) is 26.3 Å². The Morgan fingerprint density at radius 2 is 2.29 bits per heavy atom. The van der Waals surface area contributed by atoms with Gasteiger partial charge < -0.3 is 15.7 Å². The molecule has 0 fully saturated rings. The largest absolute Gasteiger partial charge is 0.398 e. The third-order valence-corrected chi connectivity index (χ3v) is 2.56. The number of nitrogens with zero attached hydrogens (tertiary/aromatic N) is 2. The molecule has 94 valence electrons. The van der Waals surface area contributed by atoms with E-state index >= 15 is 0 Å². The van der Waals surface area contributed by atoms with Crippen molar-refractivity contribution in [2.24, 2.45) is 0 Å². The van der Waals surface area contributed by atoms with E-state index in [0.29, 0.717) is 30.8 Å². The molecule has 0 saturated carbocycles. The second-order valence-corrected chi connectivity index (χ2v) is 3.87. The number of pyridine rings is 1. The number of aryl methyl sites for hydroxylation is 1. The minimum Gasteiger partial charge on any atom is -0.398 e. The van der Waals surface area contributed by atoms with Gasteiger partial charge in [0.15, 0.2) is 0 Å². The van der Waals surface area contributed by atoms with Crippen LogP contribution in [0.5, 0.6) is 0 Å². The van der Waals surface area contributed by atoms with Crippen molar-refractivity contribution in [3.05, 3.63) is 23.5 Å². The van der Waals surface area contributed by atoms with Crippen LogP contribution in [0.15, 0.2) is 12.3 Å². The van der Waals surface area contributed by atoms with E-state index in [1.165, 1.54) is 6.20 Å². The van der Waals surface area contributed by atoms with Crippen molar-refractivity contribution in [3.8, 4) is 0 Å². The van der Waals surface area contributed by atoms with E-state index in [-0.39, 0.29) is 12.5 Å². The first-order chi connectivity index (χ1) is 8.10. The molecule has 0 aliphatic carbocycles. The van der Waals surface area contributed by atoms with Crippen LogP contribution in [0.1, 0.15) is 29.4 Å². The lowest BCUT2D eigenvalue weighted by molar-refractivity contribution is 0.0755. The van der Waals surface area contributed by atoms with Crippen LogP contribution in [0.3, 0.4) is 0 Å². The van der Waals surface area contributed by atoms with Crippen LogP contribution >= 0.6 is 0 Å². The Bertz CT molecular complexity index is 393. The first kappa shape index (κ1) is 13.4. The molecule has 1 amide bonds. The summed E-state index contributed by atoms with van der Waals surface area (Å²) in [5.41, 5.74) is 7.47. The van der Waals surface area contributed by atoms with Crippen molar-refractivity contribution in [1.82, 2.24) is 9.88 Å². The third kappa shape index (κ3) is 3.42. The Kier molecular flexibility index (Phi) is 4.90. The van der Waals surface area contributed by atoms with Gasteiger partial charge in [-0.1, -0.05) is 0 Å². The molecule has 0 aromatic carbocycles. The summed E-state index contributed by atoms with van der Waals surface area (Å²) in [6.45, 7) is 4.91. The Morgan fingerprint density at radius 3 is 2.82 bits per heavy atom. The maximum atomic E-state index is 12.1. The van der Waals surface area contributed by atoms with Crippen LogP contribution in [-0.4, -0.2) is 40.6 Å². The molecule has 1 heterocycles. The molecule has 0 radical (unpaired) electrons. The fraction of sp³-hybridized carbons (Fsp3) is 0.500. The van der Waals surface area contributed by atoms with Gasteiger partial charge in [0.1, 0.15) is 0 Å². The number of anilines is 1. The van der Waals surface area contributed by atoms with E-state index in [1.54, 1.807) is 11.0 Å². The molecule has 1 aromatic heterocycles. The molecular weight excluding hydrogens is 218 g/mol. The molecule has 0 aliphatic rings. The van der Waals surface area contributed by atoms with Gasteiger partial charge in [-0.15, -0.1) is 0 Å². The van der Waals surface area contributed by atoms with Crippen LogP contribution in [0, 0.1) is 6.92 Å². The number of hydrogen-bond donors (Lipinski definition) is 2. The van der Waals surface area contributed by atoms with Gasteiger partial charge in [-0.25, -0.2) is 0 Å². The van der Waals surface area contributed by atoms with Crippen LogP contribution in [-0.2, 0) is 0 Å². The Hall–Kier alpha value is -1.62. The molecular formula is C12H19N3O2. The quantitative estimate of drug-likeness (QED) is 0.794. The number of carbonyl (C=O) groups is 1. The first-order valence-electron chi connectivity index (χ1n) is 5.72. The van der Waals surface area contributed by atoms with E-state index < -0.39 is 0 Å². The van der Waals surface area contributed by atoms with Gasteiger partial charge in [0.05, 0.1) is 5.56 Å². The van der Waals surface area contributed by atoms with Crippen LogP contribution in [0.2, 0.25) is 0 Å². The molecule has 0 atom stereocenters. The van der Waals surface area contributed by atoms with Crippen molar-refractivity contribution in [3.63, 3.8) is 0 Å². The average molecular weight is 237 g/mol. The van der Waals surface area contributed by atoms with Crippen molar-refractivity contribution in [1.29, 1.82) is 0 Å². The number of amides is 1. The van der Waals surface area contributed by atoms with Gasteiger partial charge in [-0.3, -0.25) is 9.78 Å². The van der Waals surface area contributed by atoms with Crippen molar-refractivity contribution in [2.75, 3.05) is 25.4 Å². The summed E-state index contributed by atoms with van der Waals surface area (Å²) in [6.07, 6.45) is 2.08. The standard InChI is InChI=1S/C12H19N3O2/c1-3-15(5-4-6-16)12(17)10-8-14-9(2)7-11(10)13/h7-8,16H,3-6H2,1-2H3,(H2,13,14). The van der Waals surface area contributed by atoms with E-state index in [1.807, 2.05) is 13.8 Å². The zero-order chi connectivity index (χ0) is 12.8. The molecule has 1 aromatic rings. The molecule has 5 nitrogen and oxygen atoms in total. The van der Waals surface area contributed by atoms with Crippen LogP contribution in [0.25, 0.3) is 0 Å². The van der Waals surface area contributed by atoms with E-state index in [9.17, 15) is 4.79 Å². The third-order valence-electron chi connectivity index (χ3n) is 2.56. The minimum atomic E-state index is -0.133. The predicted molar refractivity (Wildman–Crippen MR) is 66.7 cm³/mol. The first-order valence-corrected chi connectivity index (χ1v) is 5.72. The fourth-order valence-corrected chi connectivity index (χ4v) is 1.59. The van der Waals surface area contributed by atoms with Gasteiger partial charge in [0.25, 0.3) is 5.91 Å². The summed E-state index contributed by atoms with van der Waals surface area (Å²) in [4.78, 5) is 17.9. The molecule has 0 unspecified atom stereocenters. The molecule has 17 heavy (non-hydrogen) atoms. The number of nitrogen functional groups attached to an aromatic ring is 1. The number of aliphatic hydroxyl groups is 1. The number of hydrogen-bond acceptors (Lipinski definition) is 4. The Balaban J connectivity index is 2.86. The fourth-order valence-electron chi connectivity index (χ4n) is 1.59. The highest BCUT2D eigenvalue weighted by molar-refractivity contribution is 5.98. The highest BCUT2D eigenvalue weighted by atomic mass is 16.3. The topological polar surface area (TPSA) is 79.5 Å². The lowest BCUT2D eigenvalue weighted by atomic mass is 10.2. The number of nitrogens with two attached hydrogens (primary N) is 1. The second-order valence-electron chi connectivity index (χ2n) is 3.87. The van der Waals surface area contributed by atoms with Gasteiger partial charge in [0, 0.05) is 37.3 Å². The monoisotopic (exact) mass is 237 g/mol. The minimum absolute atomic E-state index is 0.0748. The zero-order valence-electron chi connectivity index (χ0n) is 10.3.